The molecular formula is C16H17N5. The molecular weight excluding hydrogens is 262 g/mol. The van der Waals surface area contributed by atoms with Gasteiger partial charge >= 0.3 is 0 Å². The van der Waals surface area contributed by atoms with Crippen molar-refractivity contribution in [1.29, 1.82) is 0 Å². The van der Waals surface area contributed by atoms with Crippen LogP contribution in [-0.4, -0.2) is 20.2 Å². The van der Waals surface area contributed by atoms with E-state index in [0.717, 1.165) is 22.5 Å². The molecule has 5 heteroatoms. The highest BCUT2D eigenvalue weighted by atomic mass is 15.5. The highest BCUT2D eigenvalue weighted by Crippen LogP contribution is 2.23. The van der Waals surface area contributed by atoms with Crippen molar-refractivity contribution in [3.8, 4) is 17.1 Å². The summed E-state index contributed by atoms with van der Waals surface area (Å²) in [6.45, 7) is 6.14. The second kappa shape index (κ2) is 5.01. The number of anilines is 1. The average molecular weight is 279 g/mol. The van der Waals surface area contributed by atoms with Gasteiger partial charge in [-0.05, 0) is 78.2 Å². The zero-order chi connectivity index (χ0) is 15.0. The standard InChI is InChI=1S/C16H17N5/c1-10-4-6-14(9-11(10)2)21-16(18-19-20-21)13-5-7-15(17)12(3)8-13/h4-9H,17H2,1-3H3. The van der Waals surface area contributed by atoms with Crippen LogP contribution in [0, 0.1) is 20.8 Å². The van der Waals surface area contributed by atoms with Crippen LogP contribution >= 0.6 is 0 Å². The van der Waals surface area contributed by atoms with Gasteiger partial charge in [-0.2, -0.15) is 4.68 Å². The molecule has 1 aromatic heterocycles. The maximum Gasteiger partial charge on any atom is 0.187 e. The molecule has 2 aromatic carbocycles. The molecule has 0 bridgehead atoms. The van der Waals surface area contributed by atoms with Crippen LogP contribution in [-0.2, 0) is 0 Å². The lowest BCUT2D eigenvalue weighted by atomic mass is 10.1. The Balaban J connectivity index is 2.12. The van der Waals surface area contributed by atoms with E-state index in [9.17, 15) is 0 Å². The molecule has 0 unspecified atom stereocenters. The second-order valence-corrected chi connectivity index (χ2v) is 5.25. The molecule has 3 aromatic rings. The minimum atomic E-state index is 0.710. The molecule has 0 saturated heterocycles. The van der Waals surface area contributed by atoms with Crippen LogP contribution in [0.5, 0.6) is 0 Å². The van der Waals surface area contributed by atoms with E-state index in [1.54, 1.807) is 4.68 Å². The summed E-state index contributed by atoms with van der Waals surface area (Å²) in [5.41, 5.74) is 12.0. The van der Waals surface area contributed by atoms with E-state index in [0.29, 0.717) is 5.82 Å². The number of hydrogen-bond acceptors (Lipinski definition) is 4. The number of hydrogen-bond donors (Lipinski definition) is 1. The molecule has 0 aliphatic carbocycles. The number of benzene rings is 2. The first kappa shape index (κ1) is 13.3. The minimum absolute atomic E-state index is 0.710. The smallest absolute Gasteiger partial charge is 0.187 e. The van der Waals surface area contributed by atoms with E-state index in [1.165, 1.54) is 11.1 Å². The van der Waals surface area contributed by atoms with Gasteiger partial charge in [-0.1, -0.05) is 6.07 Å². The molecule has 0 aliphatic heterocycles. The summed E-state index contributed by atoms with van der Waals surface area (Å²) in [6, 6.07) is 12.0. The largest absolute Gasteiger partial charge is 0.399 e. The highest BCUT2D eigenvalue weighted by Gasteiger charge is 2.12. The van der Waals surface area contributed by atoms with Gasteiger partial charge in [0.25, 0.3) is 0 Å². The number of nitrogen functional groups attached to an aromatic ring is 1. The first-order valence-corrected chi connectivity index (χ1v) is 6.79. The average Bonchev–Trinajstić information content (AvgIpc) is 2.94. The summed E-state index contributed by atoms with van der Waals surface area (Å²) in [5.74, 6) is 0.710. The topological polar surface area (TPSA) is 69.6 Å². The van der Waals surface area contributed by atoms with Crippen molar-refractivity contribution in [1.82, 2.24) is 20.2 Å². The van der Waals surface area contributed by atoms with Crippen LogP contribution in [0.2, 0.25) is 0 Å². The summed E-state index contributed by atoms with van der Waals surface area (Å²) < 4.78 is 1.75. The lowest BCUT2D eigenvalue weighted by Gasteiger charge is -2.08. The van der Waals surface area contributed by atoms with Crippen LogP contribution in [0.25, 0.3) is 17.1 Å². The molecule has 21 heavy (non-hydrogen) atoms. The number of aromatic nitrogens is 4. The summed E-state index contributed by atoms with van der Waals surface area (Å²) >= 11 is 0. The summed E-state index contributed by atoms with van der Waals surface area (Å²) in [7, 11) is 0. The van der Waals surface area contributed by atoms with Gasteiger partial charge in [0, 0.05) is 11.3 Å². The molecule has 0 aliphatic rings. The third-order valence-corrected chi connectivity index (χ3v) is 3.73. The van der Waals surface area contributed by atoms with E-state index < -0.39 is 0 Å². The van der Waals surface area contributed by atoms with E-state index in [1.807, 2.05) is 31.2 Å². The number of rotatable bonds is 2. The quantitative estimate of drug-likeness (QED) is 0.732. The van der Waals surface area contributed by atoms with Crippen molar-refractivity contribution < 1.29 is 0 Å². The van der Waals surface area contributed by atoms with Gasteiger partial charge in [-0.15, -0.1) is 5.10 Å². The Labute approximate surface area is 123 Å². The van der Waals surface area contributed by atoms with Gasteiger partial charge in [0.15, 0.2) is 5.82 Å². The molecule has 0 amide bonds. The predicted octanol–water partition coefficient (Wildman–Crippen LogP) is 2.84. The molecule has 5 nitrogen and oxygen atoms in total. The molecule has 1 heterocycles. The Morgan fingerprint density at radius 3 is 2.43 bits per heavy atom. The summed E-state index contributed by atoms with van der Waals surface area (Å²) in [4.78, 5) is 0. The summed E-state index contributed by atoms with van der Waals surface area (Å²) in [6.07, 6.45) is 0. The van der Waals surface area contributed by atoms with Crippen LogP contribution in [0.4, 0.5) is 5.69 Å². The van der Waals surface area contributed by atoms with Crippen LogP contribution in [0.3, 0.4) is 0 Å². The molecule has 0 saturated carbocycles. The van der Waals surface area contributed by atoms with Crippen molar-refractivity contribution in [3.63, 3.8) is 0 Å². The van der Waals surface area contributed by atoms with Crippen LogP contribution in [0.15, 0.2) is 36.4 Å². The molecule has 106 valence electrons. The second-order valence-electron chi connectivity index (χ2n) is 5.25. The van der Waals surface area contributed by atoms with Gasteiger partial charge in [0.05, 0.1) is 5.69 Å². The maximum absolute atomic E-state index is 5.87. The van der Waals surface area contributed by atoms with E-state index in [-0.39, 0.29) is 0 Å². The zero-order valence-corrected chi connectivity index (χ0v) is 12.3. The normalized spacial score (nSPS) is 10.8. The Hall–Kier alpha value is -2.69. The van der Waals surface area contributed by atoms with E-state index in [2.05, 4.69) is 41.5 Å². The van der Waals surface area contributed by atoms with Gasteiger partial charge < -0.3 is 5.73 Å². The fourth-order valence-electron chi connectivity index (χ4n) is 2.21. The third-order valence-electron chi connectivity index (χ3n) is 3.73. The van der Waals surface area contributed by atoms with Crippen LogP contribution in [0.1, 0.15) is 16.7 Å². The summed E-state index contributed by atoms with van der Waals surface area (Å²) in [5, 5.41) is 12.1. The van der Waals surface area contributed by atoms with Gasteiger partial charge in [-0.25, -0.2) is 0 Å². The molecule has 0 fully saturated rings. The predicted molar refractivity (Wildman–Crippen MR) is 83.2 cm³/mol. The lowest BCUT2D eigenvalue weighted by Crippen LogP contribution is -2.01. The third kappa shape index (κ3) is 2.38. The van der Waals surface area contributed by atoms with Gasteiger partial charge in [0.2, 0.25) is 0 Å². The number of nitrogens with zero attached hydrogens (tertiary/aromatic N) is 4. The molecule has 3 rings (SSSR count). The molecule has 2 N–H and O–H groups in total. The number of aryl methyl sites for hydroxylation is 3. The van der Waals surface area contributed by atoms with Gasteiger partial charge in [-0.3, -0.25) is 0 Å². The fourth-order valence-corrected chi connectivity index (χ4v) is 2.21. The Bertz CT molecular complexity index is 738. The Morgan fingerprint density at radius 2 is 1.71 bits per heavy atom. The maximum atomic E-state index is 5.87. The minimum Gasteiger partial charge on any atom is -0.399 e. The van der Waals surface area contributed by atoms with Crippen molar-refractivity contribution in [3.05, 3.63) is 53.1 Å². The SMILES string of the molecule is Cc1ccc(-n2nnnc2-c2ccc(N)c(C)c2)cc1C. The van der Waals surface area contributed by atoms with Gasteiger partial charge in [0.1, 0.15) is 0 Å². The van der Waals surface area contributed by atoms with Crippen molar-refractivity contribution in [2.24, 2.45) is 0 Å². The monoisotopic (exact) mass is 279 g/mol. The van der Waals surface area contributed by atoms with Crippen molar-refractivity contribution in [2.45, 2.75) is 20.8 Å². The highest BCUT2D eigenvalue weighted by molar-refractivity contribution is 5.63. The first-order valence-electron chi connectivity index (χ1n) is 6.79. The Kier molecular flexibility index (Phi) is 3.17. The fraction of sp³-hybridized carbons (Fsp3) is 0.188. The first-order chi connectivity index (χ1) is 10.1. The number of nitrogens with two attached hydrogens (primary N) is 1. The van der Waals surface area contributed by atoms with Crippen molar-refractivity contribution in [2.75, 3.05) is 5.73 Å². The van der Waals surface area contributed by atoms with Crippen molar-refractivity contribution >= 4 is 5.69 Å². The zero-order valence-electron chi connectivity index (χ0n) is 12.3. The number of tetrazole rings is 1. The van der Waals surface area contributed by atoms with Crippen LogP contribution < -0.4 is 5.73 Å². The van der Waals surface area contributed by atoms with E-state index in [4.69, 9.17) is 5.73 Å². The Morgan fingerprint density at radius 1 is 0.905 bits per heavy atom. The molecule has 0 atom stereocenters. The lowest BCUT2D eigenvalue weighted by molar-refractivity contribution is 0.790. The molecule has 0 spiro atoms. The van der Waals surface area contributed by atoms with E-state index >= 15 is 0 Å². The molecule has 0 radical (unpaired) electrons.